The highest BCUT2D eigenvalue weighted by atomic mass is 16.4. The second-order valence-corrected chi connectivity index (χ2v) is 7.26. The number of carboxylic acid groups (broad SMARTS) is 2. The molecular formula is C20H28N4O9. The van der Waals surface area contributed by atoms with Crippen molar-refractivity contribution < 1.29 is 44.4 Å². The molecule has 0 radical (unpaired) electrons. The highest BCUT2D eigenvalue weighted by Crippen LogP contribution is 2.06. The molecule has 9 N–H and O–H groups in total. The van der Waals surface area contributed by atoms with Crippen molar-refractivity contribution in [3.05, 3.63) is 35.9 Å². The van der Waals surface area contributed by atoms with Crippen molar-refractivity contribution in [1.82, 2.24) is 16.0 Å². The molecule has 182 valence electrons. The average molecular weight is 468 g/mol. The molecule has 0 spiro atoms. The predicted octanol–water partition coefficient (Wildman–Crippen LogP) is -3.06. The molecule has 0 heterocycles. The van der Waals surface area contributed by atoms with Crippen molar-refractivity contribution in [1.29, 1.82) is 0 Å². The van der Waals surface area contributed by atoms with Crippen molar-refractivity contribution in [3.63, 3.8) is 0 Å². The molecule has 5 atom stereocenters. The zero-order chi connectivity index (χ0) is 25.1. The third-order valence-corrected chi connectivity index (χ3v) is 4.55. The van der Waals surface area contributed by atoms with E-state index >= 15 is 0 Å². The first-order valence-electron chi connectivity index (χ1n) is 9.90. The maximum atomic E-state index is 12.9. The van der Waals surface area contributed by atoms with Crippen LogP contribution in [-0.2, 0) is 30.4 Å². The lowest BCUT2D eigenvalue weighted by molar-refractivity contribution is -0.144. The monoisotopic (exact) mass is 468 g/mol. The first kappa shape index (κ1) is 27.5. The highest BCUT2D eigenvalue weighted by molar-refractivity contribution is 5.95. The molecule has 0 fully saturated rings. The van der Waals surface area contributed by atoms with Crippen molar-refractivity contribution >= 4 is 29.7 Å². The van der Waals surface area contributed by atoms with Crippen LogP contribution in [0, 0.1) is 0 Å². The van der Waals surface area contributed by atoms with Crippen LogP contribution in [0.4, 0.5) is 0 Å². The summed E-state index contributed by atoms with van der Waals surface area (Å²) in [5, 5.41) is 43.1. The normalized spacial score (nSPS) is 15.3. The summed E-state index contributed by atoms with van der Waals surface area (Å²) in [5.74, 6) is -5.98. The van der Waals surface area contributed by atoms with E-state index in [2.05, 4.69) is 10.6 Å². The van der Waals surface area contributed by atoms with Gasteiger partial charge in [0.15, 0.2) is 0 Å². The molecular weight excluding hydrogens is 440 g/mol. The summed E-state index contributed by atoms with van der Waals surface area (Å²) in [6.07, 6.45) is -2.17. The molecule has 0 bridgehead atoms. The van der Waals surface area contributed by atoms with Gasteiger partial charge in [0.05, 0.1) is 19.1 Å². The third-order valence-electron chi connectivity index (χ3n) is 4.55. The van der Waals surface area contributed by atoms with Crippen molar-refractivity contribution in [2.45, 2.75) is 50.0 Å². The lowest BCUT2D eigenvalue weighted by Crippen LogP contribution is -2.59. The molecule has 0 saturated carbocycles. The number of nitrogens with one attached hydrogen (secondary N) is 3. The minimum Gasteiger partial charge on any atom is -0.481 e. The number of amides is 3. The smallest absolute Gasteiger partial charge is 0.328 e. The molecule has 0 aliphatic rings. The van der Waals surface area contributed by atoms with Gasteiger partial charge in [-0.1, -0.05) is 30.3 Å². The van der Waals surface area contributed by atoms with Gasteiger partial charge in [0.1, 0.15) is 24.2 Å². The molecule has 0 saturated heterocycles. The van der Waals surface area contributed by atoms with Gasteiger partial charge < -0.3 is 42.1 Å². The fraction of sp³-hybridized carbons (Fsp3) is 0.450. The zero-order valence-electron chi connectivity index (χ0n) is 17.8. The van der Waals surface area contributed by atoms with Crippen LogP contribution in [0.25, 0.3) is 0 Å². The molecule has 13 nitrogen and oxygen atoms in total. The van der Waals surface area contributed by atoms with E-state index in [1.807, 2.05) is 5.32 Å². The topological polar surface area (TPSA) is 228 Å². The van der Waals surface area contributed by atoms with Gasteiger partial charge in [0, 0.05) is 6.42 Å². The number of rotatable bonds is 13. The van der Waals surface area contributed by atoms with Gasteiger partial charge in [0.25, 0.3) is 0 Å². The third kappa shape index (κ3) is 9.22. The summed E-state index contributed by atoms with van der Waals surface area (Å²) in [6.45, 7) is 0.322. The first-order valence-corrected chi connectivity index (χ1v) is 9.90. The van der Waals surface area contributed by atoms with E-state index in [4.69, 9.17) is 21.1 Å². The minimum absolute atomic E-state index is 0.0548. The van der Waals surface area contributed by atoms with Gasteiger partial charge in [-0.2, -0.15) is 0 Å². The highest BCUT2D eigenvalue weighted by Gasteiger charge is 2.32. The number of nitrogens with two attached hydrogens (primary N) is 1. The molecule has 0 aromatic heterocycles. The fourth-order valence-corrected chi connectivity index (χ4v) is 2.66. The van der Waals surface area contributed by atoms with E-state index in [1.165, 1.54) is 6.92 Å². The Morgan fingerprint density at radius 3 is 1.88 bits per heavy atom. The van der Waals surface area contributed by atoms with Crippen molar-refractivity contribution in [3.8, 4) is 0 Å². The van der Waals surface area contributed by atoms with E-state index < -0.39 is 73.0 Å². The van der Waals surface area contributed by atoms with Crippen LogP contribution in [0.3, 0.4) is 0 Å². The van der Waals surface area contributed by atoms with E-state index in [9.17, 15) is 29.1 Å². The van der Waals surface area contributed by atoms with E-state index in [0.717, 1.165) is 0 Å². The van der Waals surface area contributed by atoms with Gasteiger partial charge in [0.2, 0.25) is 17.7 Å². The van der Waals surface area contributed by atoms with Gasteiger partial charge in [-0.15, -0.1) is 0 Å². The Labute approximate surface area is 189 Å². The first-order chi connectivity index (χ1) is 15.5. The van der Waals surface area contributed by atoms with Gasteiger partial charge in [-0.25, -0.2) is 4.79 Å². The average Bonchev–Trinajstić information content (AvgIpc) is 2.75. The van der Waals surface area contributed by atoms with E-state index in [-0.39, 0.29) is 6.42 Å². The van der Waals surface area contributed by atoms with Crippen LogP contribution in [0.15, 0.2) is 30.3 Å². The van der Waals surface area contributed by atoms with Crippen LogP contribution in [0.1, 0.15) is 18.9 Å². The summed E-state index contributed by atoms with van der Waals surface area (Å²) in [6, 6.07) is 2.37. The van der Waals surface area contributed by atoms with Gasteiger partial charge in [-0.05, 0) is 12.5 Å². The lowest BCUT2D eigenvalue weighted by Gasteiger charge is -2.25. The molecule has 0 aliphatic heterocycles. The molecule has 3 amide bonds. The second kappa shape index (κ2) is 13.1. The Kier molecular flexibility index (Phi) is 10.9. The fourth-order valence-electron chi connectivity index (χ4n) is 2.66. The molecule has 5 unspecified atom stereocenters. The Hall–Kier alpha value is -3.55. The number of aliphatic hydroxyl groups excluding tert-OH is 2. The van der Waals surface area contributed by atoms with Gasteiger partial charge in [-0.3, -0.25) is 19.2 Å². The number of carbonyl (C=O) groups is 5. The lowest BCUT2D eigenvalue weighted by atomic mass is 10.0. The summed E-state index contributed by atoms with van der Waals surface area (Å²) in [4.78, 5) is 59.8. The van der Waals surface area contributed by atoms with Gasteiger partial charge >= 0.3 is 11.9 Å². The molecule has 0 aliphatic carbocycles. The van der Waals surface area contributed by atoms with E-state index in [1.54, 1.807) is 30.3 Å². The largest absolute Gasteiger partial charge is 0.481 e. The molecule has 1 aromatic rings. The predicted molar refractivity (Wildman–Crippen MR) is 113 cm³/mol. The van der Waals surface area contributed by atoms with Crippen LogP contribution < -0.4 is 21.7 Å². The Morgan fingerprint density at radius 2 is 1.39 bits per heavy atom. The number of hydrogen-bond acceptors (Lipinski definition) is 8. The molecule has 33 heavy (non-hydrogen) atoms. The quantitative estimate of drug-likeness (QED) is 0.146. The molecule has 13 heteroatoms. The van der Waals surface area contributed by atoms with Crippen LogP contribution in [0.2, 0.25) is 0 Å². The Balaban J connectivity index is 3.09. The Bertz CT molecular complexity index is 847. The maximum absolute atomic E-state index is 12.9. The number of carbonyl (C=O) groups excluding carboxylic acids is 3. The van der Waals surface area contributed by atoms with Crippen LogP contribution in [-0.4, -0.2) is 87.0 Å². The number of benzene rings is 1. The summed E-state index contributed by atoms with van der Waals surface area (Å²) in [5.41, 5.74) is 6.22. The SMILES string of the molecule is CC(O)C(N)C(=O)NC(Cc1ccccc1)C(=O)NC(CC(=O)O)C(=O)NC(CO)C(=O)O. The molecule has 1 aromatic carbocycles. The summed E-state index contributed by atoms with van der Waals surface area (Å²) < 4.78 is 0. The zero-order valence-corrected chi connectivity index (χ0v) is 17.8. The van der Waals surface area contributed by atoms with Crippen LogP contribution >= 0.6 is 0 Å². The number of carboxylic acids is 2. The maximum Gasteiger partial charge on any atom is 0.328 e. The van der Waals surface area contributed by atoms with Crippen molar-refractivity contribution in [2.75, 3.05) is 6.61 Å². The van der Waals surface area contributed by atoms with Crippen LogP contribution in [0.5, 0.6) is 0 Å². The van der Waals surface area contributed by atoms with E-state index in [0.29, 0.717) is 5.56 Å². The summed E-state index contributed by atoms with van der Waals surface area (Å²) >= 11 is 0. The number of hydrogen-bond donors (Lipinski definition) is 8. The standard InChI is InChI=1S/C20H28N4O9/c1-10(26)16(21)19(31)23-12(7-11-5-3-2-4-6-11)17(29)22-13(8-15(27)28)18(30)24-14(9-25)20(32)33/h2-6,10,12-14,16,25-26H,7-9,21H2,1H3,(H,22,29)(H,23,31)(H,24,30)(H,27,28)(H,32,33). The minimum atomic E-state index is -1.71. The van der Waals surface area contributed by atoms with Crippen molar-refractivity contribution in [2.24, 2.45) is 5.73 Å². The Morgan fingerprint density at radius 1 is 0.879 bits per heavy atom. The number of aliphatic hydroxyl groups is 2. The number of aliphatic carboxylic acids is 2. The molecule has 1 rings (SSSR count). The summed E-state index contributed by atoms with van der Waals surface area (Å²) in [7, 11) is 0. The second-order valence-electron chi connectivity index (χ2n) is 7.26.